The number of anilines is 2. The lowest BCUT2D eigenvalue weighted by molar-refractivity contribution is 0.659. The summed E-state index contributed by atoms with van der Waals surface area (Å²) in [7, 11) is 0. The minimum Gasteiger partial charge on any atom is -0.454 e. The lowest BCUT2D eigenvalue weighted by Crippen LogP contribution is -2.38. The van der Waals surface area contributed by atoms with Gasteiger partial charge in [-0.25, -0.2) is 9.98 Å². The Bertz CT molecular complexity index is 1350. The molecule has 0 bridgehead atoms. The molecule has 3 aromatic carbocycles. The molecule has 0 radical (unpaired) electrons. The molecule has 0 fully saturated rings. The van der Waals surface area contributed by atoms with Crippen LogP contribution < -0.4 is 9.80 Å². The Kier molecular flexibility index (Phi) is 4.59. The van der Waals surface area contributed by atoms with Gasteiger partial charge in [0, 0.05) is 22.7 Å². The molecule has 1 atom stereocenters. The van der Waals surface area contributed by atoms with Crippen LogP contribution in [-0.4, -0.2) is 19.1 Å². The average molecular weight is 409 g/mol. The van der Waals surface area contributed by atoms with Gasteiger partial charge in [0.05, 0.1) is 5.69 Å². The van der Waals surface area contributed by atoms with Crippen LogP contribution in [0.3, 0.4) is 0 Å². The third kappa shape index (κ3) is 2.85. The molecule has 0 saturated carbocycles. The van der Waals surface area contributed by atoms with E-state index in [0.29, 0.717) is 5.82 Å². The zero-order chi connectivity index (χ0) is 21.5. The summed E-state index contributed by atoms with van der Waals surface area (Å²) >= 11 is 0. The minimum atomic E-state index is -0.0703. The van der Waals surface area contributed by atoms with Crippen LogP contribution in [0.2, 0.25) is 0 Å². The number of para-hydroxylation sites is 2. The molecule has 0 N–H and O–H groups in total. The van der Waals surface area contributed by atoms with Gasteiger partial charge in [-0.3, -0.25) is 4.90 Å². The van der Waals surface area contributed by atoms with Crippen molar-refractivity contribution in [3.05, 3.63) is 83.9 Å². The summed E-state index contributed by atoms with van der Waals surface area (Å²) in [6, 6.07) is 22.7. The highest BCUT2D eigenvalue weighted by atomic mass is 16.3. The largest absolute Gasteiger partial charge is 0.454 e. The standard InChI is InChI=1S/C26H24N4O/c1-5-28-26-25(27-4)30(18(3)29(26)19-11-7-6-8-12-19)23-17(2)15-16-21-20-13-9-10-14-22(20)31-24(21)23/h5-16,18H,4H2,1-3H3/t18-/m0/s1. The molecular weight excluding hydrogens is 384 g/mol. The molecule has 0 amide bonds. The third-order valence-corrected chi connectivity index (χ3v) is 5.80. The molecule has 1 aromatic heterocycles. The zero-order valence-corrected chi connectivity index (χ0v) is 17.9. The van der Waals surface area contributed by atoms with Gasteiger partial charge in [-0.15, -0.1) is 0 Å². The molecule has 154 valence electrons. The smallest absolute Gasteiger partial charge is 0.178 e. The summed E-state index contributed by atoms with van der Waals surface area (Å²) in [4.78, 5) is 13.5. The monoisotopic (exact) mass is 408 g/mol. The maximum Gasteiger partial charge on any atom is 0.178 e. The fourth-order valence-electron chi connectivity index (χ4n) is 4.47. The van der Waals surface area contributed by atoms with Crippen LogP contribution in [-0.2, 0) is 0 Å². The number of hydrogen-bond donors (Lipinski definition) is 0. The van der Waals surface area contributed by atoms with E-state index in [2.05, 4.69) is 70.7 Å². The van der Waals surface area contributed by atoms with E-state index in [1.807, 2.05) is 43.3 Å². The SMILES string of the molecule is C=NC1=C(N=CC)N(c2ccccc2)[C@H](C)N1c1c(C)ccc2c1oc1ccccc12. The van der Waals surface area contributed by atoms with Crippen LogP contribution in [0.25, 0.3) is 21.9 Å². The first-order chi connectivity index (χ1) is 15.2. The molecule has 2 heterocycles. The molecule has 5 heteroatoms. The van der Waals surface area contributed by atoms with Gasteiger partial charge in [0.2, 0.25) is 0 Å². The second-order valence-electron chi connectivity index (χ2n) is 7.61. The van der Waals surface area contributed by atoms with Gasteiger partial charge in [0.25, 0.3) is 0 Å². The first-order valence-electron chi connectivity index (χ1n) is 10.4. The van der Waals surface area contributed by atoms with Gasteiger partial charge in [-0.05, 0) is 51.3 Å². The van der Waals surface area contributed by atoms with Crippen molar-refractivity contribution >= 4 is 46.2 Å². The number of benzene rings is 3. The molecule has 5 rings (SSSR count). The number of hydrogen-bond acceptors (Lipinski definition) is 5. The Balaban J connectivity index is 1.79. The summed E-state index contributed by atoms with van der Waals surface area (Å²) in [5.41, 5.74) is 4.87. The highest BCUT2D eigenvalue weighted by molar-refractivity contribution is 6.10. The summed E-state index contributed by atoms with van der Waals surface area (Å²) < 4.78 is 6.37. The van der Waals surface area contributed by atoms with Gasteiger partial charge < -0.3 is 9.32 Å². The third-order valence-electron chi connectivity index (χ3n) is 5.80. The number of nitrogens with zero attached hydrogens (tertiary/aromatic N) is 4. The topological polar surface area (TPSA) is 44.3 Å². The van der Waals surface area contributed by atoms with Crippen molar-refractivity contribution in [1.29, 1.82) is 0 Å². The summed E-state index contributed by atoms with van der Waals surface area (Å²) in [5, 5.41) is 2.19. The highest BCUT2D eigenvalue weighted by Crippen LogP contribution is 2.44. The van der Waals surface area contributed by atoms with Gasteiger partial charge in [0.15, 0.2) is 17.2 Å². The van der Waals surface area contributed by atoms with E-state index in [1.165, 1.54) is 0 Å². The van der Waals surface area contributed by atoms with Crippen molar-refractivity contribution in [3.8, 4) is 0 Å². The Morgan fingerprint density at radius 2 is 1.65 bits per heavy atom. The predicted molar refractivity (Wildman–Crippen MR) is 130 cm³/mol. The maximum atomic E-state index is 6.37. The molecule has 0 aliphatic carbocycles. The first kappa shape index (κ1) is 19.1. The average Bonchev–Trinajstić information content (AvgIpc) is 3.29. The van der Waals surface area contributed by atoms with E-state index in [1.54, 1.807) is 6.21 Å². The lowest BCUT2D eigenvalue weighted by atomic mass is 10.1. The van der Waals surface area contributed by atoms with Crippen LogP contribution in [0.15, 0.2) is 92.8 Å². The second-order valence-corrected chi connectivity index (χ2v) is 7.61. The second kappa shape index (κ2) is 7.43. The number of rotatable bonds is 4. The van der Waals surface area contributed by atoms with Crippen molar-refractivity contribution < 1.29 is 4.42 Å². The molecule has 1 aliphatic heterocycles. The van der Waals surface area contributed by atoms with Gasteiger partial charge in [-0.1, -0.05) is 48.5 Å². The Hall–Kier alpha value is -3.86. The van der Waals surface area contributed by atoms with Crippen molar-refractivity contribution in [2.75, 3.05) is 9.80 Å². The fourth-order valence-corrected chi connectivity index (χ4v) is 4.47. The quantitative estimate of drug-likeness (QED) is 0.363. The van der Waals surface area contributed by atoms with E-state index in [9.17, 15) is 0 Å². The van der Waals surface area contributed by atoms with E-state index < -0.39 is 0 Å². The normalized spacial score (nSPS) is 16.9. The van der Waals surface area contributed by atoms with Crippen LogP contribution in [0.4, 0.5) is 11.4 Å². The number of aliphatic imine (C=N–C) groups is 2. The molecule has 0 spiro atoms. The fraction of sp³-hybridized carbons (Fsp3) is 0.154. The highest BCUT2D eigenvalue weighted by Gasteiger charge is 2.39. The van der Waals surface area contributed by atoms with Crippen LogP contribution in [0, 0.1) is 6.92 Å². The van der Waals surface area contributed by atoms with E-state index in [-0.39, 0.29) is 6.17 Å². The molecule has 5 nitrogen and oxygen atoms in total. The summed E-state index contributed by atoms with van der Waals surface area (Å²) in [5.74, 6) is 1.48. The van der Waals surface area contributed by atoms with E-state index in [0.717, 1.165) is 44.7 Å². The van der Waals surface area contributed by atoms with E-state index in [4.69, 9.17) is 4.42 Å². The Morgan fingerprint density at radius 1 is 0.903 bits per heavy atom. The minimum absolute atomic E-state index is 0.0703. The van der Waals surface area contributed by atoms with Gasteiger partial charge in [0.1, 0.15) is 11.7 Å². The Morgan fingerprint density at radius 3 is 2.39 bits per heavy atom. The molecule has 4 aromatic rings. The molecule has 0 saturated heterocycles. The van der Waals surface area contributed by atoms with E-state index >= 15 is 0 Å². The molecule has 1 aliphatic rings. The predicted octanol–water partition coefficient (Wildman–Crippen LogP) is 6.48. The van der Waals surface area contributed by atoms with Crippen molar-refractivity contribution in [2.24, 2.45) is 9.98 Å². The first-order valence-corrected chi connectivity index (χ1v) is 10.4. The van der Waals surface area contributed by atoms with Crippen LogP contribution in [0.5, 0.6) is 0 Å². The summed E-state index contributed by atoms with van der Waals surface area (Å²) in [6.07, 6.45) is 1.72. The molecule has 0 unspecified atom stereocenters. The number of furan rings is 1. The number of fused-ring (bicyclic) bond motifs is 3. The summed E-state index contributed by atoms with van der Waals surface area (Å²) in [6.45, 7) is 10.0. The van der Waals surface area contributed by atoms with Gasteiger partial charge in [-0.2, -0.15) is 0 Å². The maximum absolute atomic E-state index is 6.37. The number of aryl methyl sites for hydroxylation is 1. The van der Waals surface area contributed by atoms with Crippen molar-refractivity contribution in [2.45, 2.75) is 26.9 Å². The van der Waals surface area contributed by atoms with Gasteiger partial charge >= 0.3 is 0 Å². The Labute approximate surface area is 181 Å². The zero-order valence-electron chi connectivity index (χ0n) is 17.9. The van der Waals surface area contributed by atoms with Crippen molar-refractivity contribution in [3.63, 3.8) is 0 Å². The molecular formula is C26H24N4O. The molecule has 31 heavy (non-hydrogen) atoms. The van der Waals surface area contributed by atoms with Crippen LogP contribution in [0.1, 0.15) is 19.4 Å². The van der Waals surface area contributed by atoms with Crippen LogP contribution >= 0.6 is 0 Å². The van der Waals surface area contributed by atoms with Crippen molar-refractivity contribution in [1.82, 2.24) is 0 Å². The lowest BCUT2D eigenvalue weighted by Gasteiger charge is -2.31.